The molecule has 3 aromatic heterocycles. The van der Waals surface area contributed by atoms with Gasteiger partial charge in [0.25, 0.3) is 5.89 Å². The molecule has 19 heavy (non-hydrogen) atoms. The van der Waals surface area contributed by atoms with Crippen molar-refractivity contribution in [3.05, 3.63) is 41.0 Å². The van der Waals surface area contributed by atoms with E-state index in [-0.39, 0.29) is 0 Å². The van der Waals surface area contributed by atoms with E-state index < -0.39 is 0 Å². The third kappa shape index (κ3) is 2.60. The Labute approximate surface area is 112 Å². The van der Waals surface area contributed by atoms with Crippen LogP contribution in [0, 0.1) is 6.92 Å². The minimum absolute atomic E-state index is 0.347. The molecule has 0 atom stereocenters. The van der Waals surface area contributed by atoms with Crippen molar-refractivity contribution in [3.8, 4) is 11.5 Å². The van der Waals surface area contributed by atoms with E-state index >= 15 is 0 Å². The van der Waals surface area contributed by atoms with E-state index in [1.54, 1.807) is 25.3 Å². The molecule has 0 N–H and O–H groups in total. The zero-order chi connectivity index (χ0) is 13.2. The van der Waals surface area contributed by atoms with Gasteiger partial charge in [-0.25, -0.2) is 4.98 Å². The fraction of sp³-hybridized carbons (Fsp3) is 0.182. The lowest BCUT2D eigenvalue weighted by atomic mass is 10.3. The minimum atomic E-state index is 0.347. The van der Waals surface area contributed by atoms with Gasteiger partial charge in [0.05, 0.1) is 6.42 Å². The van der Waals surface area contributed by atoms with Gasteiger partial charge < -0.3 is 9.05 Å². The first-order valence-electron chi connectivity index (χ1n) is 5.44. The molecule has 0 aliphatic heterocycles. The summed E-state index contributed by atoms with van der Waals surface area (Å²) >= 11 is 5.80. The Bertz CT molecular complexity index is 708. The highest BCUT2D eigenvalue weighted by Gasteiger charge is 2.12. The average Bonchev–Trinajstić information content (AvgIpc) is 2.99. The predicted octanol–water partition coefficient (Wildman–Crippen LogP) is 2.07. The van der Waals surface area contributed by atoms with Gasteiger partial charge in [0.15, 0.2) is 11.6 Å². The molecule has 0 aliphatic rings. The van der Waals surface area contributed by atoms with Gasteiger partial charge in [0.2, 0.25) is 5.89 Å². The molecule has 0 fully saturated rings. The first kappa shape index (κ1) is 11.8. The lowest BCUT2D eigenvalue weighted by Gasteiger charge is -1.92. The van der Waals surface area contributed by atoms with E-state index in [4.69, 9.17) is 20.6 Å². The summed E-state index contributed by atoms with van der Waals surface area (Å²) in [6, 6.07) is 3.39. The Morgan fingerprint density at radius 1 is 1.16 bits per heavy atom. The van der Waals surface area contributed by atoms with Crippen molar-refractivity contribution < 1.29 is 9.05 Å². The molecule has 0 saturated heterocycles. The summed E-state index contributed by atoms with van der Waals surface area (Å²) in [5.41, 5.74) is 0.711. The van der Waals surface area contributed by atoms with Gasteiger partial charge in [0, 0.05) is 18.7 Å². The molecule has 0 bridgehead atoms. The van der Waals surface area contributed by atoms with Gasteiger partial charge in [-0.1, -0.05) is 21.9 Å². The summed E-state index contributed by atoms with van der Waals surface area (Å²) in [7, 11) is 0. The molecule has 7 nitrogen and oxygen atoms in total. The number of rotatable bonds is 3. The SMILES string of the molecule is Cc1nc(Cc2noc(-c3ccnc(Cl)c3)n2)no1. The maximum atomic E-state index is 5.80. The van der Waals surface area contributed by atoms with Gasteiger partial charge in [-0.05, 0) is 12.1 Å². The van der Waals surface area contributed by atoms with E-state index in [0.29, 0.717) is 40.6 Å². The Hall–Kier alpha value is -2.28. The molecule has 8 heteroatoms. The van der Waals surface area contributed by atoms with Crippen molar-refractivity contribution >= 4 is 11.6 Å². The lowest BCUT2D eigenvalue weighted by Crippen LogP contribution is -1.93. The topological polar surface area (TPSA) is 90.7 Å². The van der Waals surface area contributed by atoms with Gasteiger partial charge in [-0.3, -0.25) is 0 Å². The second kappa shape index (κ2) is 4.77. The zero-order valence-electron chi connectivity index (χ0n) is 9.87. The molecule has 96 valence electrons. The van der Waals surface area contributed by atoms with Crippen molar-refractivity contribution in [3.63, 3.8) is 0 Å². The average molecular weight is 278 g/mol. The molecular weight excluding hydrogens is 270 g/mol. The predicted molar refractivity (Wildman–Crippen MR) is 64.4 cm³/mol. The molecule has 0 radical (unpaired) electrons. The molecule has 0 saturated carbocycles. The highest BCUT2D eigenvalue weighted by molar-refractivity contribution is 6.29. The molecule has 0 spiro atoms. The summed E-state index contributed by atoms with van der Waals surface area (Å²) in [4.78, 5) is 12.2. The van der Waals surface area contributed by atoms with Crippen LogP contribution in [0.15, 0.2) is 27.4 Å². The van der Waals surface area contributed by atoms with E-state index in [0.717, 1.165) is 0 Å². The van der Waals surface area contributed by atoms with Gasteiger partial charge in [0.1, 0.15) is 5.15 Å². The molecule has 0 unspecified atom stereocenters. The number of pyridine rings is 1. The van der Waals surface area contributed by atoms with Gasteiger partial charge >= 0.3 is 0 Å². The second-order valence-electron chi connectivity index (χ2n) is 3.79. The lowest BCUT2D eigenvalue weighted by molar-refractivity contribution is 0.387. The van der Waals surface area contributed by atoms with E-state index in [9.17, 15) is 0 Å². The maximum absolute atomic E-state index is 5.80. The van der Waals surface area contributed by atoms with Crippen LogP contribution in [0.25, 0.3) is 11.5 Å². The van der Waals surface area contributed by atoms with Crippen molar-refractivity contribution in [2.45, 2.75) is 13.3 Å². The summed E-state index contributed by atoms with van der Waals surface area (Å²) < 4.78 is 10.0. The number of halogens is 1. The molecule has 3 rings (SSSR count). The number of hydrogen-bond acceptors (Lipinski definition) is 7. The Balaban J connectivity index is 1.83. The van der Waals surface area contributed by atoms with Crippen LogP contribution in [-0.4, -0.2) is 25.3 Å². The third-order valence-electron chi connectivity index (χ3n) is 2.33. The number of nitrogens with zero attached hydrogens (tertiary/aromatic N) is 5. The van der Waals surface area contributed by atoms with Crippen molar-refractivity contribution in [2.75, 3.05) is 0 Å². The Morgan fingerprint density at radius 2 is 1.95 bits per heavy atom. The fourth-order valence-corrected chi connectivity index (χ4v) is 1.71. The zero-order valence-corrected chi connectivity index (χ0v) is 10.6. The van der Waals surface area contributed by atoms with Crippen LogP contribution in [-0.2, 0) is 6.42 Å². The van der Waals surface area contributed by atoms with Gasteiger partial charge in [-0.2, -0.15) is 9.97 Å². The van der Waals surface area contributed by atoms with Crippen LogP contribution in [0.3, 0.4) is 0 Å². The normalized spacial score (nSPS) is 10.8. The molecule has 0 aromatic carbocycles. The minimum Gasteiger partial charge on any atom is -0.340 e. The van der Waals surface area contributed by atoms with Crippen LogP contribution in [0.4, 0.5) is 0 Å². The van der Waals surface area contributed by atoms with E-state index in [1.165, 1.54) is 0 Å². The molecule has 0 aliphatic carbocycles. The molecular formula is C11H8ClN5O2. The van der Waals surface area contributed by atoms with Crippen molar-refractivity contribution in [1.29, 1.82) is 0 Å². The summed E-state index contributed by atoms with van der Waals surface area (Å²) in [5, 5.41) is 7.99. The number of hydrogen-bond donors (Lipinski definition) is 0. The monoisotopic (exact) mass is 277 g/mol. The second-order valence-corrected chi connectivity index (χ2v) is 4.18. The van der Waals surface area contributed by atoms with Crippen molar-refractivity contribution in [2.24, 2.45) is 0 Å². The number of aromatic nitrogens is 5. The van der Waals surface area contributed by atoms with Crippen LogP contribution < -0.4 is 0 Å². The van der Waals surface area contributed by atoms with E-state index in [1.807, 2.05) is 0 Å². The number of aryl methyl sites for hydroxylation is 1. The van der Waals surface area contributed by atoms with Crippen LogP contribution >= 0.6 is 11.6 Å². The Morgan fingerprint density at radius 3 is 2.68 bits per heavy atom. The highest BCUT2D eigenvalue weighted by Crippen LogP contribution is 2.19. The van der Waals surface area contributed by atoms with Crippen LogP contribution in [0.1, 0.15) is 17.5 Å². The Kier molecular flexibility index (Phi) is 2.96. The van der Waals surface area contributed by atoms with Crippen LogP contribution in [0.2, 0.25) is 5.15 Å². The smallest absolute Gasteiger partial charge is 0.258 e. The summed E-state index contributed by atoms with van der Waals surface area (Å²) in [6.45, 7) is 1.72. The molecule has 0 amide bonds. The van der Waals surface area contributed by atoms with Crippen molar-refractivity contribution in [1.82, 2.24) is 25.3 Å². The maximum Gasteiger partial charge on any atom is 0.258 e. The third-order valence-corrected chi connectivity index (χ3v) is 2.53. The standard InChI is InChI=1S/C11H8ClN5O2/c1-6-14-9(16-18-6)5-10-15-11(19-17-10)7-2-3-13-8(12)4-7/h2-4H,5H2,1H3. The quantitative estimate of drug-likeness (QED) is 0.677. The van der Waals surface area contributed by atoms with E-state index in [2.05, 4.69) is 25.3 Å². The highest BCUT2D eigenvalue weighted by atomic mass is 35.5. The van der Waals surface area contributed by atoms with Crippen LogP contribution in [0.5, 0.6) is 0 Å². The fourth-order valence-electron chi connectivity index (χ4n) is 1.53. The largest absolute Gasteiger partial charge is 0.340 e. The first-order valence-corrected chi connectivity index (χ1v) is 5.82. The summed E-state index contributed by atoms with van der Waals surface area (Å²) in [6.07, 6.45) is 1.92. The summed E-state index contributed by atoms with van der Waals surface area (Å²) in [5.74, 6) is 1.86. The molecule has 3 heterocycles. The van der Waals surface area contributed by atoms with Gasteiger partial charge in [-0.15, -0.1) is 0 Å². The first-order chi connectivity index (χ1) is 9.20. The molecule has 3 aromatic rings.